The number of aliphatic hydroxyl groups is 1. The van der Waals surface area contributed by atoms with Crippen molar-refractivity contribution in [1.82, 2.24) is 9.80 Å². The predicted molar refractivity (Wildman–Crippen MR) is 115 cm³/mol. The number of halogens is 6. The molecule has 1 aliphatic heterocycles. The normalized spacial score (nSPS) is 16.2. The van der Waals surface area contributed by atoms with E-state index in [1.807, 2.05) is 30.9 Å². The number of nitrogens with zero attached hydrogens (tertiary/aromatic N) is 2. The van der Waals surface area contributed by atoms with E-state index in [0.29, 0.717) is 42.9 Å². The third-order valence-electron chi connectivity index (χ3n) is 5.99. The molecular formula is C24H26F6N2O2. The summed E-state index contributed by atoms with van der Waals surface area (Å²) in [5, 5.41) is 9.51. The molecule has 1 fully saturated rings. The third-order valence-corrected chi connectivity index (χ3v) is 5.99. The standard InChI is InChI=1S/C24H26F6N2O2/c1-16(2)21(33)32-13-11-31(12-14-32)15-17-3-5-18(6-4-17)19-7-9-20(10-8-19)22(34,23(25,26)27)24(28,29)30/h3-10,16,34H,11-15H2,1-2H3. The number of hydrogen-bond acceptors (Lipinski definition) is 3. The van der Waals surface area contributed by atoms with Crippen molar-refractivity contribution in [3.05, 3.63) is 59.7 Å². The molecule has 1 amide bonds. The maximum atomic E-state index is 13.0. The Morgan fingerprint density at radius 2 is 1.26 bits per heavy atom. The second-order valence-corrected chi connectivity index (χ2v) is 8.74. The van der Waals surface area contributed by atoms with Crippen molar-refractivity contribution in [2.45, 2.75) is 38.3 Å². The highest BCUT2D eigenvalue weighted by molar-refractivity contribution is 5.78. The molecule has 0 unspecified atom stereocenters. The van der Waals surface area contributed by atoms with Crippen LogP contribution >= 0.6 is 0 Å². The van der Waals surface area contributed by atoms with Crippen molar-refractivity contribution >= 4 is 5.91 Å². The van der Waals surface area contributed by atoms with E-state index in [1.165, 1.54) is 0 Å². The summed E-state index contributed by atoms with van der Waals surface area (Å²) in [6, 6.07) is 10.7. The number of piperazine rings is 1. The molecule has 10 heteroatoms. The molecule has 0 bridgehead atoms. The Kier molecular flexibility index (Phi) is 7.33. The van der Waals surface area contributed by atoms with Gasteiger partial charge in [0.05, 0.1) is 0 Å². The molecule has 0 radical (unpaired) electrons. The van der Waals surface area contributed by atoms with E-state index in [2.05, 4.69) is 4.90 Å². The number of hydrogen-bond donors (Lipinski definition) is 1. The molecule has 0 atom stereocenters. The Bertz CT molecular complexity index is 963. The fourth-order valence-electron chi connectivity index (χ4n) is 3.94. The van der Waals surface area contributed by atoms with Crippen LogP contribution in [-0.2, 0) is 16.9 Å². The van der Waals surface area contributed by atoms with Gasteiger partial charge in [-0.1, -0.05) is 62.4 Å². The molecule has 1 aliphatic rings. The van der Waals surface area contributed by atoms with E-state index in [1.54, 1.807) is 12.1 Å². The Morgan fingerprint density at radius 1 is 0.824 bits per heavy atom. The van der Waals surface area contributed by atoms with Crippen LogP contribution in [0.25, 0.3) is 11.1 Å². The number of rotatable bonds is 5. The lowest BCUT2D eigenvalue weighted by Crippen LogP contribution is -2.53. The van der Waals surface area contributed by atoms with Gasteiger partial charge in [0.25, 0.3) is 5.60 Å². The first kappa shape index (κ1) is 26.0. The largest absolute Gasteiger partial charge is 0.430 e. The second kappa shape index (κ2) is 9.58. The van der Waals surface area contributed by atoms with Crippen molar-refractivity contribution in [2.75, 3.05) is 26.2 Å². The van der Waals surface area contributed by atoms with E-state index in [9.17, 15) is 36.2 Å². The van der Waals surface area contributed by atoms with Gasteiger partial charge in [0.2, 0.25) is 5.91 Å². The first-order valence-corrected chi connectivity index (χ1v) is 10.8. The Hall–Kier alpha value is -2.59. The summed E-state index contributed by atoms with van der Waals surface area (Å²) in [6.07, 6.45) is -11.8. The quantitative estimate of drug-likeness (QED) is 0.605. The molecular weight excluding hydrogens is 462 g/mol. The van der Waals surface area contributed by atoms with Gasteiger partial charge in [0.15, 0.2) is 0 Å². The van der Waals surface area contributed by atoms with Crippen LogP contribution in [0.15, 0.2) is 48.5 Å². The molecule has 0 aromatic heterocycles. The average molecular weight is 488 g/mol. The summed E-state index contributed by atoms with van der Waals surface area (Å²) in [7, 11) is 0. The minimum atomic E-state index is -5.91. The van der Waals surface area contributed by atoms with Crippen molar-refractivity contribution in [3.8, 4) is 11.1 Å². The minimum absolute atomic E-state index is 0.0381. The lowest BCUT2D eigenvalue weighted by molar-refractivity contribution is -0.376. The van der Waals surface area contributed by atoms with Gasteiger partial charge in [0, 0.05) is 44.2 Å². The first-order valence-electron chi connectivity index (χ1n) is 10.8. The lowest BCUT2D eigenvalue weighted by Gasteiger charge is -2.35. The molecule has 3 rings (SSSR count). The summed E-state index contributed by atoms with van der Waals surface area (Å²) in [6.45, 7) is 7.19. The highest BCUT2D eigenvalue weighted by atomic mass is 19.4. The summed E-state index contributed by atoms with van der Waals surface area (Å²) < 4.78 is 78.3. The van der Waals surface area contributed by atoms with Crippen LogP contribution in [0.1, 0.15) is 25.0 Å². The van der Waals surface area contributed by atoms with Gasteiger partial charge in [0.1, 0.15) is 0 Å². The van der Waals surface area contributed by atoms with Crippen LogP contribution in [0.3, 0.4) is 0 Å². The molecule has 186 valence electrons. The highest BCUT2D eigenvalue weighted by Gasteiger charge is 2.71. The zero-order chi connectivity index (χ0) is 25.3. The maximum Gasteiger partial charge on any atom is 0.430 e. The van der Waals surface area contributed by atoms with Gasteiger partial charge < -0.3 is 10.0 Å². The van der Waals surface area contributed by atoms with Crippen LogP contribution in [0.4, 0.5) is 26.3 Å². The maximum absolute atomic E-state index is 13.0. The van der Waals surface area contributed by atoms with Gasteiger partial charge in [-0.05, 0) is 16.7 Å². The third kappa shape index (κ3) is 5.22. The van der Waals surface area contributed by atoms with E-state index in [0.717, 1.165) is 30.8 Å². The van der Waals surface area contributed by atoms with Crippen LogP contribution in [0.2, 0.25) is 0 Å². The molecule has 0 saturated carbocycles. The number of carbonyl (C=O) groups excluding carboxylic acids is 1. The van der Waals surface area contributed by atoms with E-state index >= 15 is 0 Å². The van der Waals surface area contributed by atoms with Crippen LogP contribution < -0.4 is 0 Å². The van der Waals surface area contributed by atoms with Crippen molar-refractivity contribution in [3.63, 3.8) is 0 Å². The van der Waals surface area contributed by atoms with Gasteiger partial charge in [-0.2, -0.15) is 26.3 Å². The molecule has 1 N–H and O–H groups in total. The number of carbonyl (C=O) groups is 1. The van der Waals surface area contributed by atoms with Crippen LogP contribution in [0.5, 0.6) is 0 Å². The minimum Gasteiger partial charge on any atom is -0.369 e. The van der Waals surface area contributed by atoms with Crippen LogP contribution in [0, 0.1) is 5.92 Å². The number of alkyl halides is 6. The van der Waals surface area contributed by atoms with Crippen molar-refractivity contribution in [2.24, 2.45) is 5.92 Å². The highest BCUT2D eigenvalue weighted by Crippen LogP contribution is 2.50. The zero-order valence-corrected chi connectivity index (χ0v) is 18.7. The lowest BCUT2D eigenvalue weighted by atomic mass is 9.90. The smallest absolute Gasteiger partial charge is 0.369 e. The van der Waals surface area contributed by atoms with Gasteiger partial charge in [-0.15, -0.1) is 0 Å². The molecule has 0 aliphatic carbocycles. The summed E-state index contributed by atoms with van der Waals surface area (Å²) in [4.78, 5) is 16.2. The van der Waals surface area contributed by atoms with Crippen molar-refractivity contribution in [1.29, 1.82) is 0 Å². The average Bonchev–Trinajstić information content (AvgIpc) is 2.77. The Balaban J connectivity index is 1.67. The number of amides is 1. The topological polar surface area (TPSA) is 43.8 Å². The van der Waals surface area contributed by atoms with E-state index in [4.69, 9.17) is 0 Å². The monoisotopic (exact) mass is 488 g/mol. The first-order chi connectivity index (χ1) is 15.7. The molecule has 0 spiro atoms. The molecule has 1 saturated heterocycles. The Labute approximate surface area is 193 Å². The van der Waals surface area contributed by atoms with Gasteiger partial charge in [-0.3, -0.25) is 9.69 Å². The summed E-state index contributed by atoms with van der Waals surface area (Å²) in [5.74, 6) is 0.0998. The summed E-state index contributed by atoms with van der Waals surface area (Å²) >= 11 is 0. The van der Waals surface area contributed by atoms with Gasteiger partial charge in [-0.25, -0.2) is 0 Å². The molecule has 2 aromatic rings. The van der Waals surface area contributed by atoms with Crippen LogP contribution in [-0.4, -0.2) is 59.3 Å². The van der Waals surface area contributed by atoms with E-state index in [-0.39, 0.29) is 11.8 Å². The molecule has 34 heavy (non-hydrogen) atoms. The van der Waals surface area contributed by atoms with E-state index < -0.39 is 23.5 Å². The zero-order valence-electron chi connectivity index (χ0n) is 18.7. The molecule has 4 nitrogen and oxygen atoms in total. The fraction of sp³-hybridized carbons (Fsp3) is 0.458. The Morgan fingerprint density at radius 3 is 1.68 bits per heavy atom. The molecule has 2 aromatic carbocycles. The SMILES string of the molecule is CC(C)C(=O)N1CCN(Cc2ccc(-c3ccc(C(O)(C(F)(F)F)C(F)(F)F)cc3)cc2)CC1. The second-order valence-electron chi connectivity index (χ2n) is 8.74. The number of benzene rings is 2. The predicted octanol–water partition coefficient (Wildman–Crippen LogP) is 4.97. The summed E-state index contributed by atoms with van der Waals surface area (Å²) in [5.41, 5.74) is -4.20. The van der Waals surface area contributed by atoms with Crippen molar-refractivity contribution < 1.29 is 36.2 Å². The molecule has 1 heterocycles. The fourth-order valence-corrected chi connectivity index (χ4v) is 3.94. The van der Waals surface area contributed by atoms with Gasteiger partial charge >= 0.3 is 12.4 Å².